The second-order valence-corrected chi connectivity index (χ2v) is 2.28. The molecule has 8 heavy (non-hydrogen) atoms. The Hall–Kier alpha value is -0.510. The highest BCUT2D eigenvalue weighted by Gasteiger charge is 2.10. The average Bonchev–Trinajstić information content (AvgIpc) is 1.90. The maximum atomic E-state index is 8.42. The van der Waals surface area contributed by atoms with Crippen LogP contribution in [0.1, 0.15) is 25.7 Å². The fourth-order valence-corrected chi connectivity index (χ4v) is 1.06. The molecule has 1 fully saturated rings. The first-order valence-electron chi connectivity index (χ1n) is 3.15. The topological polar surface area (TPSA) is 23.8 Å². The van der Waals surface area contributed by atoms with Gasteiger partial charge in [0.15, 0.2) is 0 Å². The van der Waals surface area contributed by atoms with Gasteiger partial charge in [-0.3, -0.25) is 0 Å². The second kappa shape index (κ2) is 2.71. The third kappa shape index (κ3) is 1.23. The zero-order chi connectivity index (χ0) is 5.82. The van der Waals surface area contributed by atoms with Crippen molar-refractivity contribution >= 4 is 0 Å². The van der Waals surface area contributed by atoms with Gasteiger partial charge in [-0.15, -0.1) is 0 Å². The first-order valence-corrected chi connectivity index (χ1v) is 3.15. The molecule has 0 spiro atoms. The van der Waals surface area contributed by atoms with Crippen LogP contribution in [0.25, 0.3) is 0 Å². The lowest BCUT2D eigenvalue weighted by molar-refractivity contribution is 0.499. The molecule has 1 nitrogen and oxygen atoms in total. The summed E-state index contributed by atoms with van der Waals surface area (Å²) < 4.78 is 0. The zero-order valence-electron chi connectivity index (χ0n) is 4.93. The van der Waals surface area contributed by atoms with Crippen molar-refractivity contribution in [3.8, 4) is 6.07 Å². The SMILES string of the molecule is N#CC1C[CH]CCC1. The van der Waals surface area contributed by atoms with Gasteiger partial charge in [0.25, 0.3) is 0 Å². The van der Waals surface area contributed by atoms with E-state index in [1.54, 1.807) is 0 Å². The molecule has 0 heterocycles. The summed E-state index contributed by atoms with van der Waals surface area (Å²) in [4.78, 5) is 0. The van der Waals surface area contributed by atoms with E-state index in [1.165, 1.54) is 12.8 Å². The lowest BCUT2D eigenvalue weighted by Crippen LogP contribution is -2.02. The molecule has 0 aromatic rings. The standard InChI is InChI=1S/C7H10N/c8-6-7-4-2-1-3-5-7/h2,7H,1,3-5H2. The molecule has 1 atom stereocenters. The minimum absolute atomic E-state index is 0.337. The number of rotatable bonds is 0. The van der Waals surface area contributed by atoms with Crippen LogP contribution >= 0.6 is 0 Å². The third-order valence-corrected chi connectivity index (χ3v) is 1.59. The van der Waals surface area contributed by atoms with Crippen LogP contribution in [0.2, 0.25) is 0 Å². The molecule has 1 radical (unpaired) electrons. The van der Waals surface area contributed by atoms with Gasteiger partial charge in [-0.05, 0) is 19.3 Å². The first kappa shape index (κ1) is 5.62. The Bertz CT molecular complexity index is 95.4. The predicted octanol–water partition coefficient (Wildman–Crippen LogP) is 1.90. The van der Waals surface area contributed by atoms with Crippen molar-refractivity contribution in [2.75, 3.05) is 0 Å². The molecular weight excluding hydrogens is 98.1 g/mol. The fraction of sp³-hybridized carbons (Fsp3) is 0.714. The predicted molar refractivity (Wildman–Crippen MR) is 31.9 cm³/mol. The van der Waals surface area contributed by atoms with E-state index < -0.39 is 0 Å². The third-order valence-electron chi connectivity index (χ3n) is 1.59. The van der Waals surface area contributed by atoms with Gasteiger partial charge < -0.3 is 0 Å². The Morgan fingerprint density at radius 3 is 2.88 bits per heavy atom. The monoisotopic (exact) mass is 108 g/mol. The normalized spacial score (nSPS) is 22.4. The molecule has 0 aliphatic heterocycles. The summed E-state index contributed by atoms with van der Waals surface area (Å²) in [5.41, 5.74) is 0. The number of nitrogens with zero attached hydrogens (tertiary/aromatic N) is 1. The summed E-state index contributed by atoms with van der Waals surface area (Å²) >= 11 is 0. The highest BCUT2D eigenvalue weighted by Crippen LogP contribution is 2.21. The lowest BCUT2D eigenvalue weighted by atomic mass is 9.91. The lowest BCUT2D eigenvalue weighted by Gasteiger charge is -2.12. The maximum absolute atomic E-state index is 8.42. The van der Waals surface area contributed by atoms with Crippen molar-refractivity contribution in [3.05, 3.63) is 6.42 Å². The van der Waals surface area contributed by atoms with Gasteiger partial charge in [-0.2, -0.15) is 5.26 Å². The Morgan fingerprint density at radius 1 is 1.62 bits per heavy atom. The Morgan fingerprint density at radius 2 is 2.50 bits per heavy atom. The Kier molecular flexibility index (Phi) is 1.91. The molecule has 0 aromatic heterocycles. The smallest absolute Gasteiger partial charge is 0.0655 e. The summed E-state index contributed by atoms with van der Waals surface area (Å²) in [5.74, 6) is 0.337. The van der Waals surface area contributed by atoms with Crippen LogP contribution in [0, 0.1) is 23.7 Å². The van der Waals surface area contributed by atoms with Crippen molar-refractivity contribution in [1.82, 2.24) is 0 Å². The van der Waals surface area contributed by atoms with Crippen LogP contribution < -0.4 is 0 Å². The molecule has 0 bridgehead atoms. The van der Waals surface area contributed by atoms with Gasteiger partial charge in [-0.1, -0.05) is 12.8 Å². The van der Waals surface area contributed by atoms with Crippen molar-refractivity contribution in [1.29, 1.82) is 5.26 Å². The van der Waals surface area contributed by atoms with E-state index in [9.17, 15) is 0 Å². The molecule has 0 saturated heterocycles. The van der Waals surface area contributed by atoms with Gasteiger partial charge >= 0.3 is 0 Å². The molecule has 0 amide bonds. The molecule has 0 aromatic carbocycles. The van der Waals surface area contributed by atoms with Gasteiger partial charge in [0.05, 0.1) is 6.07 Å². The van der Waals surface area contributed by atoms with Crippen molar-refractivity contribution < 1.29 is 0 Å². The van der Waals surface area contributed by atoms with Gasteiger partial charge in [0.2, 0.25) is 0 Å². The second-order valence-electron chi connectivity index (χ2n) is 2.28. The molecule has 1 saturated carbocycles. The number of nitriles is 1. The van der Waals surface area contributed by atoms with Crippen LogP contribution in [0.4, 0.5) is 0 Å². The molecule has 43 valence electrons. The summed E-state index contributed by atoms with van der Waals surface area (Å²) in [5, 5.41) is 8.42. The summed E-state index contributed by atoms with van der Waals surface area (Å²) in [6.07, 6.45) is 6.80. The Balaban J connectivity index is 2.25. The van der Waals surface area contributed by atoms with Crippen LogP contribution in [0.15, 0.2) is 0 Å². The first-order chi connectivity index (χ1) is 3.93. The molecule has 1 unspecified atom stereocenters. The van der Waals surface area contributed by atoms with Gasteiger partial charge in [0.1, 0.15) is 0 Å². The van der Waals surface area contributed by atoms with E-state index in [-0.39, 0.29) is 0 Å². The summed E-state index contributed by atoms with van der Waals surface area (Å²) in [6.45, 7) is 0. The van der Waals surface area contributed by atoms with E-state index in [0.717, 1.165) is 12.8 Å². The molecule has 1 aliphatic carbocycles. The molecule has 1 heteroatoms. The van der Waals surface area contributed by atoms with Gasteiger partial charge in [-0.25, -0.2) is 0 Å². The van der Waals surface area contributed by atoms with E-state index >= 15 is 0 Å². The van der Waals surface area contributed by atoms with Crippen molar-refractivity contribution in [3.63, 3.8) is 0 Å². The average molecular weight is 108 g/mol. The molecule has 1 rings (SSSR count). The minimum Gasteiger partial charge on any atom is -0.198 e. The molecular formula is C7H10N. The molecule has 1 aliphatic rings. The van der Waals surface area contributed by atoms with E-state index in [2.05, 4.69) is 12.5 Å². The number of hydrogen-bond acceptors (Lipinski definition) is 1. The maximum Gasteiger partial charge on any atom is 0.0655 e. The zero-order valence-corrected chi connectivity index (χ0v) is 4.93. The summed E-state index contributed by atoms with van der Waals surface area (Å²) in [7, 11) is 0. The van der Waals surface area contributed by atoms with Gasteiger partial charge in [0, 0.05) is 5.92 Å². The minimum atomic E-state index is 0.337. The number of hydrogen-bond donors (Lipinski definition) is 0. The van der Waals surface area contributed by atoms with Crippen LogP contribution in [0.5, 0.6) is 0 Å². The molecule has 0 N–H and O–H groups in total. The quantitative estimate of drug-likeness (QED) is 0.465. The van der Waals surface area contributed by atoms with E-state index in [1.807, 2.05) is 0 Å². The highest BCUT2D eigenvalue weighted by molar-refractivity contribution is 4.90. The van der Waals surface area contributed by atoms with E-state index in [0.29, 0.717) is 5.92 Å². The largest absolute Gasteiger partial charge is 0.198 e. The van der Waals surface area contributed by atoms with Crippen molar-refractivity contribution in [2.24, 2.45) is 5.92 Å². The van der Waals surface area contributed by atoms with Crippen LogP contribution in [-0.4, -0.2) is 0 Å². The Labute approximate surface area is 50.3 Å². The van der Waals surface area contributed by atoms with Crippen LogP contribution in [-0.2, 0) is 0 Å². The summed E-state index contributed by atoms with van der Waals surface area (Å²) in [6, 6.07) is 2.27. The fourth-order valence-electron chi connectivity index (χ4n) is 1.06. The van der Waals surface area contributed by atoms with Crippen molar-refractivity contribution in [2.45, 2.75) is 25.7 Å². The van der Waals surface area contributed by atoms with E-state index in [4.69, 9.17) is 5.26 Å². The van der Waals surface area contributed by atoms with Crippen LogP contribution in [0.3, 0.4) is 0 Å². The highest BCUT2D eigenvalue weighted by atomic mass is 14.3.